The quantitative estimate of drug-likeness (QED) is 0.842. The van der Waals surface area contributed by atoms with Crippen LogP contribution in [-0.4, -0.2) is 41.1 Å². The molecule has 2 amide bonds. The predicted molar refractivity (Wildman–Crippen MR) is 106 cm³/mol. The minimum atomic E-state index is -0.680. The van der Waals surface area contributed by atoms with Crippen molar-refractivity contribution in [1.82, 2.24) is 10.2 Å². The second kappa shape index (κ2) is 8.19. The number of hydrogen-bond donors (Lipinski definition) is 1. The topological polar surface area (TPSA) is 58.6 Å². The van der Waals surface area contributed by atoms with Crippen LogP contribution >= 0.6 is 11.6 Å². The molecule has 2 fully saturated rings. The zero-order chi connectivity index (χ0) is 19.6. The lowest BCUT2D eigenvalue weighted by atomic mass is 9.83. The van der Waals surface area contributed by atoms with Gasteiger partial charge >= 0.3 is 0 Å². The molecule has 1 aromatic rings. The van der Waals surface area contributed by atoms with Crippen molar-refractivity contribution in [2.45, 2.75) is 70.7 Å². The SMILES string of the molecule is CC[C@H](C)NC(=O)[C@@H]1COC2(CCC(C)CC2)N1C(=O)c1ccc(Cl)cc1. The number of halogens is 1. The molecule has 3 rings (SSSR count). The first kappa shape index (κ1) is 20.2. The average Bonchev–Trinajstić information content (AvgIpc) is 3.03. The summed E-state index contributed by atoms with van der Waals surface area (Å²) in [7, 11) is 0. The molecule has 1 saturated heterocycles. The van der Waals surface area contributed by atoms with E-state index in [1.54, 1.807) is 29.2 Å². The van der Waals surface area contributed by atoms with Crippen molar-refractivity contribution >= 4 is 23.4 Å². The van der Waals surface area contributed by atoms with Crippen LogP contribution in [-0.2, 0) is 9.53 Å². The monoisotopic (exact) mass is 392 g/mol. The van der Waals surface area contributed by atoms with Crippen LogP contribution in [0.15, 0.2) is 24.3 Å². The molecule has 0 radical (unpaired) electrons. The summed E-state index contributed by atoms with van der Waals surface area (Å²) >= 11 is 5.97. The van der Waals surface area contributed by atoms with E-state index in [-0.39, 0.29) is 24.5 Å². The van der Waals surface area contributed by atoms with E-state index in [0.717, 1.165) is 32.1 Å². The van der Waals surface area contributed by atoms with Crippen LogP contribution in [0.5, 0.6) is 0 Å². The summed E-state index contributed by atoms with van der Waals surface area (Å²) in [4.78, 5) is 28.0. The molecule has 2 aliphatic rings. The molecule has 5 nitrogen and oxygen atoms in total. The standard InChI is InChI=1S/C21H29ClN2O3/c1-4-15(3)23-19(25)18-13-27-21(11-9-14(2)10-12-21)24(18)20(26)16-5-7-17(22)8-6-16/h5-8,14-15,18H,4,9-13H2,1-3H3,(H,23,25)/t14?,15-,18-,21?/m0/s1. The second-order valence-electron chi connectivity index (χ2n) is 7.96. The van der Waals surface area contributed by atoms with Gasteiger partial charge in [-0.2, -0.15) is 0 Å². The molecule has 1 aromatic carbocycles. The van der Waals surface area contributed by atoms with Crippen LogP contribution in [0.3, 0.4) is 0 Å². The van der Waals surface area contributed by atoms with Crippen molar-refractivity contribution in [3.05, 3.63) is 34.9 Å². The Hall–Kier alpha value is -1.59. The molecule has 6 heteroatoms. The number of carbonyl (C=O) groups excluding carboxylic acids is 2. The Labute approximate surface area is 166 Å². The van der Waals surface area contributed by atoms with Gasteiger partial charge < -0.3 is 10.1 Å². The smallest absolute Gasteiger partial charge is 0.256 e. The van der Waals surface area contributed by atoms with E-state index in [1.165, 1.54) is 0 Å². The summed E-state index contributed by atoms with van der Waals surface area (Å²) in [5.41, 5.74) is -0.148. The molecule has 0 bridgehead atoms. The highest BCUT2D eigenvalue weighted by molar-refractivity contribution is 6.30. The Morgan fingerprint density at radius 1 is 1.30 bits per heavy atom. The van der Waals surface area contributed by atoms with E-state index in [9.17, 15) is 9.59 Å². The van der Waals surface area contributed by atoms with Crippen LogP contribution in [0.2, 0.25) is 5.02 Å². The van der Waals surface area contributed by atoms with Gasteiger partial charge in [-0.1, -0.05) is 25.4 Å². The van der Waals surface area contributed by atoms with Crippen molar-refractivity contribution in [2.24, 2.45) is 5.92 Å². The molecule has 0 unspecified atom stereocenters. The van der Waals surface area contributed by atoms with Gasteiger partial charge in [-0.3, -0.25) is 14.5 Å². The number of nitrogens with one attached hydrogen (secondary N) is 1. The van der Waals surface area contributed by atoms with E-state index >= 15 is 0 Å². The molecule has 1 heterocycles. The Balaban J connectivity index is 1.90. The third-order valence-corrected chi connectivity index (χ3v) is 6.18. The molecule has 1 spiro atoms. The van der Waals surface area contributed by atoms with Gasteiger partial charge in [-0.25, -0.2) is 0 Å². The third-order valence-electron chi connectivity index (χ3n) is 5.93. The fraction of sp³-hybridized carbons (Fsp3) is 0.619. The number of benzene rings is 1. The zero-order valence-electron chi connectivity index (χ0n) is 16.3. The average molecular weight is 393 g/mol. The summed E-state index contributed by atoms with van der Waals surface area (Å²) in [6, 6.07) is 6.30. The Morgan fingerprint density at radius 2 is 1.93 bits per heavy atom. The van der Waals surface area contributed by atoms with Crippen molar-refractivity contribution in [2.75, 3.05) is 6.61 Å². The fourth-order valence-electron chi connectivity index (χ4n) is 3.95. The van der Waals surface area contributed by atoms with Crippen LogP contribution in [0, 0.1) is 5.92 Å². The molecule has 1 N–H and O–H groups in total. The van der Waals surface area contributed by atoms with Gasteiger partial charge in [0.1, 0.15) is 11.8 Å². The van der Waals surface area contributed by atoms with Gasteiger partial charge in [-0.15, -0.1) is 0 Å². The van der Waals surface area contributed by atoms with Gasteiger partial charge in [-0.05, 0) is 69.2 Å². The number of amides is 2. The Morgan fingerprint density at radius 3 is 2.52 bits per heavy atom. The normalized spacial score (nSPS) is 29.0. The highest BCUT2D eigenvalue weighted by Crippen LogP contribution is 2.43. The Bertz CT molecular complexity index is 683. The zero-order valence-corrected chi connectivity index (χ0v) is 17.1. The maximum Gasteiger partial charge on any atom is 0.256 e. The second-order valence-corrected chi connectivity index (χ2v) is 8.39. The first-order valence-electron chi connectivity index (χ1n) is 9.90. The summed E-state index contributed by atoms with van der Waals surface area (Å²) in [5.74, 6) is 0.310. The summed E-state index contributed by atoms with van der Waals surface area (Å²) in [6.45, 7) is 6.46. The number of carbonyl (C=O) groups is 2. The third kappa shape index (κ3) is 4.14. The van der Waals surface area contributed by atoms with Crippen LogP contribution < -0.4 is 5.32 Å². The number of ether oxygens (including phenoxy) is 1. The van der Waals surface area contributed by atoms with Crippen molar-refractivity contribution in [1.29, 1.82) is 0 Å². The predicted octanol–water partition coefficient (Wildman–Crippen LogP) is 4.00. The lowest BCUT2D eigenvalue weighted by Gasteiger charge is -2.43. The first-order valence-corrected chi connectivity index (χ1v) is 10.3. The molecule has 0 aromatic heterocycles. The van der Waals surface area contributed by atoms with Gasteiger partial charge in [0.25, 0.3) is 5.91 Å². The summed E-state index contributed by atoms with van der Waals surface area (Å²) < 4.78 is 6.18. The molecule has 1 aliphatic carbocycles. The Kier molecular flexibility index (Phi) is 6.11. The lowest BCUT2D eigenvalue weighted by molar-refractivity contribution is -0.128. The van der Waals surface area contributed by atoms with Gasteiger partial charge in [0.05, 0.1) is 6.61 Å². The van der Waals surface area contributed by atoms with Crippen molar-refractivity contribution in [3.63, 3.8) is 0 Å². The maximum atomic E-state index is 13.4. The number of hydrogen-bond acceptors (Lipinski definition) is 3. The molecule has 2 atom stereocenters. The highest BCUT2D eigenvalue weighted by Gasteiger charge is 2.53. The van der Waals surface area contributed by atoms with Crippen LogP contribution in [0.4, 0.5) is 0 Å². The molecule has 1 aliphatic heterocycles. The minimum absolute atomic E-state index is 0.0629. The van der Waals surface area contributed by atoms with E-state index in [4.69, 9.17) is 16.3 Å². The van der Waals surface area contributed by atoms with E-state index in [2.05, 4.69) is 12.2 Å². The molecule has 27 heavy (non-hydrogen) atoms. The molecule has 1 saturated carbocycles. The minimum Gasteiger partial charge on any atom is -0.353 e. The molecule has 148 valence electrons. The molecular formula is C21H29ClN2O3. The number of nitrogens with zero attached hydrogens (tertiary/aromatic N) is 1. The summed E-state index contributed by atoms with van der Waals surface area (Å²) in [6.07, 6.45) is 4.35. The fourth-order valence-corrected chi connectivity index (χ4v) is 4.08. The van der Waals surface area contributed by atoms with E-state index in [1.807, 2.05) is 13.8 Å². The van der Waals surface area contributed by atoms with Gasteiger partial charge in [0.15, 0.2) is 0 Å². The highest BCUT2D eigenvalue weighted by atomic mass is 35.5. The maximum absolute atomic E-state index is 13.4. The molecular weight excluding hydrogens is 364 g/mol. The number of rotatable bonds is 4. The van der Waals surface area contributed by atoms with Crippen LogP contribution in [0.25, 0.3) is 0 Å². The summed E-state index contributed by atoms with van der Waals surface area (Å²) in [5, 5.41) is 3.59. The first-order chi connectivity index (χ1) is 12.9. The van der Waals surface area contributed by atoms with Crippen molar-refractivity contribution < 1.29 is 14.3 Å². The van der Waals surface area contributed by atoms with E-state index < -0.39 is 11.8 Å². The van der Waals surface area contributed by atoms with Gasteiger partial charge in [0.2, 0.25) is 5.91 Å². The van der Waals surface area contributed by atoms with E-state index in [0.29, 0.717) is 16.5 Å². The lowest BCUT2D eigenvalue weighted by Crippen LogP contribution is -2.57. The largest absolute Gasteiger partial charge is 0.353 e. The van der Waals surface area contributed by atoms with Crippen LogP contribution in [0.1, 0.15) is 63.2 Å². The van der Waals surface area contributed by atoms with Crippen molar-refractivity contribution in [3.8, 4) is 0 Å². The van der Waals surface area contributed by atoms with Gasteiger partial charge in [0, 0.05) is 16.6 Å².